The maximum Gasteiger partial charge on any atom is 0.228 e. The first-order valence-electron chi connectivity index (χ1n) is 10.0. The van der Waals surface area contributed by atoms with Gasteiger partial charge in [-0.25, -0.2) is 4.68 Å². The number of likely N-dealkylation sites (tertiary alicyclic amines) is 1. The van der Waals surface area contributed by atoms with E-state index in [1.54, 1.807) is 6.20 Å². The van der Waals surface area contributed by atoms with Crippen LogP contribution in [0.3, 0.4) is 0 Å². The average molecular weight is 383 g/mol. The molecule has 0 saturated carbocycles. The number of nitrogens with zero attached hydrogens (tertiary/aromatic N) is 3. The first kappa shape index (κ1) is 20.1. The SMILES string of the molecule is CC=C(C)CN1CCC(n2nccc2NC(=O)CCOc2ccccc2)CC1. The molecular weight excluding hydrogens is 352 g/mol. The van der Waals surface area contributed by atoms with Crippen molar-refractivity contribution in [2.24, 2.45) is 0 Å². The molecule has 1 aromatic heterocycles. The Morgan fingerprint density at radius 1 is 1.25 bits per heavy atom. The maximum absolute atomic E-state index is 12.3. The van der Waals surface area contributed by atoms with Gasteiger partial charge in [0.25, 0.3) is 0 Å². The molecule has 1 aromatic carbocycles. The van der Waals surface area contributed by atoms with Crippen molar-refractivity contribution in [1.82, 2.24) is 14.7 Å². The molecule has 0 spiro atoms. The fraction of sp³-hybridized carbons (Fsp3) is 0.455. The van der Waals surface area contributed by atoms with Gasteiger partial charge in [0.15, 0.2) is 0 Å². The number of hydrogen-bond donors (Lipinski definition) is 1. The molecule has 2 heterocycles. The number of carbonyl (C=O) groups is 1. The number of carbonyl (C=O) groups excluding carboxylic acids is 1. The molecule has 1 saturated heterocycles. The molecule has 28 heavy (non-hydrogen) atoms. The minimum atomic E-state index is -0.0566. The van der Waals surface area contributed by atoms with E-state index in [0.29, 0.717) is 19.1 Å². The number of rotatable bonds is 8. The van der Waals surface area contributed by atoms with Crippen molar-refractivity contribution in [2.75, 3.05) is 31.6 Å². The van der Waals surface area contributed by atoms with Gasteiger partial charge in [0.1, 0.15) is 11.6 Å². The molecular formula is C22H30N4O2. The lowest BCUT2D eigenvalue weighted by molar-refractivity contribution is -0.116. The van der Waals surface area contributed by atoms with Crippen molar-refractivity contribution >= 4 is 11.7 Å². The molecule has 3 rings (SSSR count). The predicted molar refractivity (Wildman–Crippen MR) is 112 cm³/mol. The average Bonchev–Trinajstić information content (AvgIpc) is 3.17. The van der Waals surface area contributed by atoms with Gasteiger partial charge in [0, 0.05) is 25.7 Å². The molecule has 1 aliphatic rings. The summed E-state index contributed by atoms with van der Waals surface area (Å²) in [6.07, 6.45) is 6.32. The van der Waals surface area contributed by atoms with E-state index < -0.39 is 0 Å². The standard InChI is InChI=1S/C22H30N4O2/c1-3-18(2)17-25-14-10-19(11-15-25)26-21(9-13-23-26)24-22(27)12-16-28-20-7-5-4-6-8-20/h3-9,13,19H,10-12,14-17H2,1-2H3,(H,24,27). The van der Waals surface area contributed by atoms with E-state index in [0.717, 1.165) is 44.0 Å². The molecule has 2 aromatic rings. The highest BCUT2D eigenvalue weighted by Gasteiger charge is 2.23. The van der Waals surface area contributed by atoms with Gasteiger partial charge >= 0.3 is 0 Å². The Hall–Kier alpha value is -2.60. The summed E-state index contributed by atoms with van der Waals surface area (Å²) in [7, 11) is 0. The molecule has 0 unspecified atom stereocenters. The summed E-state index contributed by atoms with van der Waals surface area (Å²) in [6, 6.07) is 11.7. The number of allylic oxidation sites excluding steroid dienone is 1. The van der Waals surface area contributed by atoms with Gasteiger partial charge in [-0.1, -0.05) is 29.8 Å². The third-order valence-corrected chi connectivity index (χ3v) is 5.15. The fourth-order valence-electron chi connectivity index (χ4n) is 3.45. The Bertz CT molecular complexity index is 777. The van der Waals surface area contributed by atoms with Crippen LogP contribution in [0.5, 0.6) is 5.75 Å². The number of hydrogen-bond acceptors (Lipinski definition) is 4. The lowest BCUT2D eigenvalue weighted by Crippen LogP contribution is -2.36. The first-order chi connectivity index (χ1) is 13.7. The lowest BCUT2D eigenvalue weighted by Gasteiger charge is -2.32. The quantitative estimate of drug-likeness (QED) is 0.704. The number of anilines is 1. The summed E-state index contributed by atoms with van der Waals surface area (Å²) < 4.78 is 7.57. The van der Waals surface area contributed by atoms with Crippen LogP contribution < -0.4 is 10.1 Å². The van der Waals surface area contributed by atoms with Crippen molar-refractivity contribution in [1.29, 1.82) is 0 Å². The second-order valence-electron chi connectivity index (χ2n) is 7.26. The van der Waals surface area contributed by atoms with Gasteiger partial charge < -0.3 is 10.1 Å². The van der Waals surface area contributed by atoms with Gasteiger partial charge in [-0.05, 0) is 38.8 Å². The van der Waals surface area contributed by atoms with Crippen molar-refractivity contribution in [3.8, 4) is 5.75 Å². The van der Waals surface area contributed by atoms with E-state index in [9.17, 15) is 4.79 Å². The van der Waals surface area contributed by atoms with E-state index in [-0.39, 0.29) is 5.91 Å². The van der Waals surface area contributed by atoms with Crippen molar-refractivity contribution < 1.29 is 9.53 Å². The van der Waals surface area contributed by atoms with Crippen LogP contribution in [0.25, 0.3) is 0 Å². The summed E-state index contributed by atoms with van der Waals surface area (Å²) in [5, 5.41) is 7.45. The van der Waals surface area contributed by atoms with Crippen LogP contribution in [0, 0.1) is 0 Å². The van der Waals surface area contributed by atoms with Crippen LogP contribution >= 0.6 is 0 Å². The first-order valence-corrected chi connectivity index (χ1v) is 10.0. The number of piperidine rings is 1. The Kier molecular flexibility index (Phi) is 7.25. The van der Waals surface area contributed by atoms with Crippen LogP contribution in [0.15, 0.2) is 54.2 Å². The van der Waals surface area contributed by atoms with E-state index >= 15 is 0 Å². The number of amides is 1. The second kappa shape index (κ2) is 10.1. The molecule has 1 amide bonds. The molecule has 150 valence electrons. The van der Waals surface area contributed by atoms with Gasteiger partial charge in [0.05, 0.1) is 25.3 Å². The molecule has 6 nitrogen and oxygen atoms in total. The minimum Gasteiger partial charge on any atom is -0.493 e. The Morgan fingerprint density at radius 3 is 2.71 bits per heavy atom. The van der Waals surface area contributed by atoms with Crippen LogP contribution in [-0.4, -0.2) is 46.8 Å². The zero-order valence-electron chi connectivity index (χ0n) is 16.8. The summed E-state index contributed by atoms with van der Waals surface area (Å²) >= 11 is 0. The highest BCUT2D eigenvalue weighted by molar-refractivity contribution is 5.89. The fourth-order valence-corrected chi connectivity index (χ4v) is 3.45. The zero-order valence-corrected chi connectivity index (χ0v) is 16.8. The molecule has 1 aliphatic heterocycles. The van der Waals surface area contributed by atoms with Crippen molar-refractivity contribution in [3.05, 3.63) is 54.2 Å². The molecule has 0 atom stereocenters. The predicted octanol–water partition coefficient (Wildman–Crippen LogP) is 3.89. The molecule has 0 aliphatic carbocycles. The minimum absolute atomic E-state index is 0.0566. The molecule has 6 heteroatoms. The third-order valence-electron chi connectivity index (χ3n) is 5.15. The molecule has 1 fully saturated rings. The number of ether oxygens (including phenoxy) is 1. The van der Waals surface area contributed by atoms with E-state index in [1.165, 1.54) is 5.57 Å². The van der Waals surface area contributed by atoms with Crippen molar-refractivity contribution in [3.63, 3.8) is 0 Å². The topological polar surface area (TPSA) is 59.4 Å². The van der Waals surface area contributed by atoms with Gasteiger partial charge in [-0.2, -0.15) is 5.10 Å². The maximum atomic E-state index is 12.3. The normalized spacial score (nSPS) is 16.1. The Labute approximate surface area is 167 Å². The van der Waals surface area contributed by atoms with E-state index in [1.807, 2.05) is 41.1 Å². The lowest BCUT2D eigenvalue weighted by atomic mass is 10.0. The second-order valence-corrected chi connectivity index (χ2v) is 7.26. The monoisotopic (exact) mass is 382 g/mol. The van der Waals surface area contributed by atoms with Crippen LogP contribution in [-0.2, 0) is 4.79 Å². The highest BCUT2D eigenvalue weighted by Crippen LogP contribution is 2.25. The van der Waals surface area contributed by atoms with Crippen LogP contribution in [0.2, 0.25) is 0 Å². The van der Waals surface area contributed by atoms with E-state index in [4.69, 9.17) is 4.74 Å². The Morgan fingerprint density at radius 2 is 2.00 bits per heavy atom. The summed E-state index contributed by atoms with van der Waals surface area (Å²) in [6.45, 7) is 7.75. The molecule has 0 radical (unpaired) electrons. The van der Waals surface area contributed by atoms with Crippen LogP contribution in [0.4, 0.5) is 5.82 Å². The largest absolute Gasteiger partial charge is 0.493 e. The van der Waals surface area contributed by atoms with Crippen LogP contribution in [0.1, 0.15) is 39.2 Å². The smallest absolute Gasteiger partial charge is 0.228 e. The number of para-hydroxylation sites is 1. The van der Waals surface area contributed by atoms with Gasteiger partial charge in [-0.15, -0.1) is 0 Å². The summed E-state index contributed by atoms with van der Waals surface area (Å²) in [5.41, 5.74) is 1.41. The number of benzene rings is 1. The number of nitrogens with one attached hydrogen (secondary N) is 1. The Balaban J connectivity index is 1.46. The van der Waals surface area contributed by atoms with Crippen molar-refractivity contribution in [2.45, 2.75) is 39.2 Å². The molecule has 1 N–H and O–H groups in total. The summed E-state index contributed by atoms with van der Waals surface area (Å²) in [5.74, 6) is 1.49. The number of aromatic nitrogens is 2. The molecule has 0 bridgehead atoms. The zero-order chi connectivity index (χ0) is 19.8. The van der Waals surface area contributed by atoms with E-state index in [2.05, 4.69) is 35.2 Å². The van der Waals surface area contributed by atoms with Gasteiger partial charge in [0.2, 0.25) is 5.91 Å². The summed E-state index contributed by atoms with van der Waals surface area (Å²) in [4.78, 5) is 14.8. The van der Waals surface area contributed by atoms with Gasteiger partial charge in [-0.3, -0.25) is 9.69 Å². The third kappa shape index (κ3) is 5.70. The highest BCUT2D eigenvalue weighted by atomic mass is 16.5.